The highest BCUT2D eigenvalue weighted by atomic mass is 16.2. The van der Waals surface area contributed by atoms with E-state index in [9.17, 15) is 9.59 Å². The number of urea groups is 1. The summed E-state index contributed by atoms with van der Waals surface area (Å²) in [5, 5.41) is 0. The maximum absolute atomic E-state index is 12.4. The molecule has 1 aromatic rings. The minimum atomic E-state index is -0.193. The molecule has 100 valence electrons. The summed E-state index contributed by atoms with van der Waals surface area (Å²) in [6, 6.07) is 6.87. The third kappa shape index (κ3) is 2.05. The fourth-order valence-corrected chi connectivity index (χ4v) is 2.90. The van der Waals surface area contributed by atoms with Crippen LogP contribution >= 0.6 is 0 Å². The van der Waals surface area contributed by atoms with E-state index in [1.807, 2.05) is 0 Å². The largest absolute Gasteiger partial charge is 0.399 e. The Morgan fingerprint density at radius 2 is 1.68 bits per heavy atom. The van der Waals surface area contributed by atoms with Gasteiger partial charge in [-0.3, -0.25) is 4.79 Å². The molecule has 1 saturated carbocycles. The van der Waals surface area contributed by atoms with E-state index >= 15 is 0 Å². The molecule has 0 atom stereocenters. The number of amides is 3. The van der Waals surface area contributed by atoms with Crippen molar-refractivity contribution in [2.45, 2.75) is 31.7 Å². The van der Waals surface area contributed by atoms with Gasteiger partial charge < -0.3 is 10.6 Å². The summed E-state index contributed by atoms with van der Waals surface area (Å²) in [6.07, 6.45) is 4.30. The number of hydrogen-bond donors (Lipinski definition) is 1. The summed E-state index contributed by atoms with van der Waals surface area (Å²) in [6.45, 7) is 0.202. The van der Waals surface area contributed by atoms with Crippen LogP contribution in [0, 0.1) is 0 Å². The zero-order valence-corrected chi connectivity index (χ0v) is 10.7. The van der Waals surface area contributed by atoms with Gasteiger partial charge in [0, 0.05) is 11.7 Å². The SMILES string of the molecule is Nc1ccc(N2C(=O)CN(C3CCCC3)C2=O)cc1. The normalized spacial score (nSPS) is 20.6. The molecule has 2 N–H and O–H groups in total. The molecule has 0 radical (unpaired) electrons. The number of anilines is 2. The quantitative estimate of drug-likeness (QED) is 0.652. The van der Waals surface area contributed by atoms with Crippen molar-refractivity contribution < 1.29 is 9.59 Å². The van der Waals surface area contributed by atoms with Gasteiger partial charge in [-0.15, -0.1) is 0 Å². The molecule has 1 heterocycles. The number of nitrogens with two attached hydrogens (primary N) is 1. The summed E-state index contributed by atoms with van der Waals surface area (Å²) in [7, 11) is 0. The van der Waals surface area contributed by atoms with E-state index in [-0.39, 0.29) is 24.5 Å². The number of carbonyl (C=O) groups excluding carboxylic acids is 2. The van der Waals surface area contributed by atoms with Crippen molar-refractivity contribution >= 4 is 23.3 Å². The second kappa shape index (κ2) is 4.57. The predicted octanol–water partition coefficient (Wildman–Crippen LogP) is 1.98. The summed E-state index contributed by atoms with van der Waals surface area (Å²) in [4.78, 5) is 27.4. The van der Waals surface area contributed by atoms with Crippen LogP contribution in [0.5, 0.6) is 0 Å². The average molecular weight is 259 g/mol. The lowest BCUT2D eigenvalue weighted by Crippen LogP contribution is -2.38. The molecule has 1 saturated heterocycles. The highest BCUT2D eigenvalue weighted by molar-refractivity contribution is 6.19. The average Bonchev–Trinajstić information content (AvgIpc) is 3.00. The van der Waals surface area contributed by atoms with Gasteiger partial charge in [0.25, 0.3) is 5.91 Å². The Kier molecular flexibility index (Phi) is 2.89. The van der Waals surface area contributed by atoms with Gasteiger partial charge in [0.15, 0.2) is 0 Å². The lowest BCUT2D eigenvalue weighted by Gasteiger charge is -2.22. The summed E-state index contributed by atoms with van der Waals surface area (Å²) in [5.74, 6) is -0.151. The number of hydrogen-bond acceptors (Lipinski definition) is 3. The molecular formula is C14H17N3O2. The molecule has 1 aliphatic heterocycles. The van der Waals surface area contributed by atoms with Crippen LogP contribution in [0.15, 0.2) is 24.3 Å². The maximum Gasteiger partial charge on any atom is 0.332 e. The molecule has 0 spiro atoms. The molecule has 2 aliphatic rings. The topological polar surface area (TPSA) is 66.6 Å². The van der Waals surface area contributed by atoms with Crippen molar-refractivity contribution in [3.05, 3.63) is 24.3 Å². The highest BCUT2D eigenvalue weighted by Gasteiger charge is 2.41. The Labute approximate surface area is 112 Å². The number of imide groups is 1. The van der Waals surface area contributed by atoms with E-state index < -0.39 is 0 Å². The van der Waals surface area contributed by atoms with Crippen LogP contribution in [0.25, 0.3) is 0 Å². The molecule has 0 unspecified atom stereocenters. The van der Waals surface area contributed by atoms with E-state index in [2.05, 4.69) is 0 Å². The van der Waals surface area contributed by atoms with Crippen molar-refractivity contribution in [3.63, 3.8) is 0 Å². The Morgan fingerprint density at radius 3 is 2.32 bits per heavy atom. The lowest BCUT2D eigenvalue weighted by molar-refractivity contribution is -0.116. The van der Waals surface area contributed by atoms with Crippen LogP contribution in [-0.2, 0) is 4.79 Å². The van der Waals surface area contributed by atoms with Crippen molar-refractivity contribution in [1.82, 2.24) is 4.90 Å². The van der Waals surface area contributed by atoms with Crippen LogP contribution in [0.4, 0.5) is 16.2 Å². The van der Waals surface area contributed by atoms with Crippen LogP contribution in [0.1, 0.15) is 25.7 Å². The molecule has 0 aromatic heterocycles. The molecule has 3 rings (SSSR count). The van der Waals surface area contributed by atoms with Crippen molar-refractivity contribution in [2.75, 3.05) is 17.2 Å². The monoisotopic (exact) mass is 259 g/mol. The highest BCUT2D eigenvalue weighted by Crippen LogP contribution is 2.29. The fraction of sp³-hybridized carbons (Fsp3) is 0.429. The smallest absolute Gasteiger partial charge is 0.332 e. The van der Waals surface area contributed by atoms with Gasteiger partial charge in [-0.05, 0) is 37.1 Å². The number of benzene rings is 1. The Bertz CT molecular complexity index is 506. The number of carbonyl (C=O) groups is 2. The van der Waals surface area contributed by atoms with Crippen molar-refractivity contribution in [2.24, 2.45) is 0 Å². The first-order valence-corrected chi connectivity index (χ1v) is 6.66. The molecule has 5 heteroatoms. The minimum Gasteiger partial charge on any atom is -0.399 e. The van der Waals surface area contributed by atoms with Gasteiger partial charge in [-0.2, -0.15) is 0 Å². The van der Waals surface area contributed by atoms with Crippen molar-refractivity contribution in [3.8, 4) is 0 Å². The molecule has 2 fully saturated rings. The van der Waals surface area contributed by atoms with Gasteiger partial charge in [0.1, 0.15) is 6.54 Å². The second-order valence-electron chi connectivity index (χ2n) is 5.17. The zero-order valence-electron chi connectivity index (χ0n) is 10.7. The molecule has 19 heavy (non-hydrogen) atoms. The van der Waals surface area contributed by atoms with E-state index in [4.69, 9.17) is 5.73 Å². The standard InChI is InChI=1S/C14H17N3O2/c15-10-5-7-12(8-6-10)17-13(18)9-16(14(17)19)11-3-1-2-4-11/h5-8,11H,1-4,9,15H2. The first-order chi connectivity index (χ1) is 9.16. The molecule has 1 aliphatic carbocycles. The number of rotatable bonds is 2. The summed E-state index contributed by atoms with van der Waals surface area (Å²) in [5.41, 5.74) is 6.85. The Balaban J connectivity index is 1.84. The second-order valence-corrected chi connectivity index (χ2v) is 5.17. The van der Waals surface area contributed by atoms with Gasteiger partial charge in [0.05, 0.1) is 5.69 Å². The molecule has 5 nitrogen and oxygen atoms in total. The van der Waals surface area contributed by atoms with Gasteiger partial charge >= 0.3 is 6.03 Å². The van der Waals surface area contributed by atoms with E-state index in [0.29, 0.717) is 11.4 Å². The first-order valence-electron chi connectivity index (χ1n) is 6.66. The first kappa shape index (κ1) is 12.0. The van der Waals surface area contributed by atoms with Gasteiger partial charge in [-0.25, -0.2) is 9.69 Å². The minimum absolute atomic E-state index is 0.151. The summed E-state index contributed by atoms with van der Waals surface area (Å²) < 4.78 is 0. The Morgan fingerprint density at radius 1 is 1.05 bits per heavy atom. The maximum atomic E-state index is 12.4. The number of nitrogens with zero attached hydrogens (tertiary/aromatic N) is 2. The van der Waals surface area contributed by atoms with Crippen LogP contribution in [0.3, 0.4) is 0 Å². The summed E-state index contributed by atoms with van der Waals surface area (Å²) >= 11 is 0. The van der Waals surface area contributed by atoms with Gasteiger partial charge in [-0.1, -0.05) is 12.8 Å². The molecule has 1 aromatic carbocycles. The lowest BCUT2D eigenvalue weighted by atomic mass is 10.2. The third-order valence-electron chi connectivity index (χ3n) is 3.91. The van der Waals surface area contributed by atoms with Crippen molar-refractivity contribution in [1.29, 1.82) is 0 Å². The van der Waals surface area contributed by atoms with E-state index in [0.717, 1.165) is 25.7 Å². The Hall–Kier alpha value is -2.04. The molecule has 3 amide bonds. The third-order valence-corrected chi connectivity index (χ3v) is 3.91. The van der Waals surface area contributed by atoms with Crippen LogP contribution < -0.4 is 10.6 Å². The zero-order chi connectivity index (χ0) is 13.4. The molecular weight excluding hydrogens is 242 g/mol. The van der Waals surface area contributed by atoms with E-state index in [1.165, 1.54) is 4.90 Å². The van der Waals surface area contributed by atoms with Crippen LogP contribution in [-0.4, -0.2) is 29.4 Å². The number of nitrogen functional groups attached to an aromatic ring is 1. The van der Waals surface area contributed by atoms with Crippen LogP contribution in [0.2, 0.25) is 0 Å². The fourth-order valence-electron chi connectivity index (χ4n) is 2.90. The van der Waals surface area contributed by atoms with Gasteiger partial charge in [0.2, 0.25) is 0 Å². The van der Waals surface area contributed by atoms with E-state index in [1.54, 1.807) is 29.2 Å². The predicted molar refractivity (Wildman–Crippen MR) is 72.7 cm³/mol. The molecule has 0 bridgehead atoms.